The zero-order valence-electron chi connectivity index (χ0n) is 12.5. The highest BCUT2D eigenvalue weighted by Crippen LogP contribution is 2.18. The lowest BCUT2D eigenvalue weighted by atomic mass is 9.95. The van der Waals surface area contributed by atoms with Crippen LogP contribution in [0.15, 0.2) is 10.6 Å². The summed E-state index contributed by atoms with van der Waals surface area (Å²) in [5, 5.41) is 6.56. The third kappa shape index (κ3) is 4.04. The van der Waals surface area contributed by atoms with Crippen molar-refractivity contribution in [3.63, 3.8) is 0 Å². The minimum Gasteiger partial charge on any atom is -0.368 e. The molecule has 1 aromatic rings. The second-order valence-electron chi connectivity index (χ2n) is 5.59. The number of carbonyl (C=O) groups is 2. The Morgan fingerprint density at radius 2 is 2.19 bits per heavy atom. The molecule has 0 aliphatic carbocycles. The molecular formula is C14H22N4O3. The summed E-state index contributed by atoms with van der Waals surface area (Å²) in [4.78, 5) is 25.1. The standard InChI is InChI=1S/C14H22N4O3/c1-9-7-12(17-21-9)14(20)16-8-11-3-5-18(6-4-11)10(2)13(15)19/h7,10-11H,3-6,8H2,1-2H3,(H2,15,19)(H,16,20). The molecule has 0 radical (unpaired) electrons. The zero-order valence-corrected chi connectivity index (χ0v) is 12.5. The normalized spacial score (nSPS) is 18.4. The number of hydrogen-bond acceptors (Lipinski definition) is 5. The first-order valence-electron chi connectivity index (χ1n) is 7.22. The maximum absolute atomic E-state index is 11.9. The highest BCUT2D eigenvalue weighted by molar-refractivity contribution is 5.92. The molecule has 1 aliphatic heterocycles. The van der Waals surface area contributed by atoms with Gasteiger partial charge >= 0.3 is 0 Å². The maximum Gasteiger partial charge on any atom is 0.273 e. The average Bonchev–Trinajstić information content (AvgIpc) is 2.91. The van der Waals surface area contributed by atoms with E-state index >= 15 is 0 Å². The molecule has 7 nitrogen and oxygen atoms in total. The number of amides is 2. The van der Waals surface area contributed by atoms with Crippen molar-refractivity contribution in [1.29, 1.82) is 0 Å². The van der Waals surface area contributed by atoms with Gasteiger partial charge < -0.3 is 15.6 Å². The van der Waals surface area contributed by atoms with Crippen LogP contribution in [0.1, 0.15) is 36.0 Å². The minimum atomic E-state index is -0.289. The Hall–Kier alpha value is -1.89. The molecule has 21 heavy (non-hydrogen) atoms. The first-order valence-corrected chi connectivity index (χ1v) is 7.22. The number of rotatable bonds is 5. The third-order valence-corrected chi connectivity index (χ3v) is 4.02. The fourth-order valence-corrected chi connectivity index (χ4v) is 2.53. The molecule has 2 rings (SSSR count). The number of likely N-dealkylation sites (tertiary alicyclic amines) is 1. The number of primary amides is 1. The van der Waals surface area contributed by atoms with Crippen molar-refractivity contribution in [2.75, 3.05) is 19.6 Å². The molecule has 0 aromatic carbocycles. The summed E-state index contributed by atoms with van der Waals surface area (Å²) >= 11 is 0. The number of carbonyl (C=O) groups excluding carboxylic acids is 2. The van der Waals surface area contributed by atoms with Crippen LogP contribution in [0.2, 0.25) is 0 Å². The Balaban J connectivity index is 1.74. The molecule has 2 amide bonds. The number of aromatic nitrogens is 1. The molecule has 1 saturated heterocycles. The van der Waals surface area contributed by atoms with Gasteiger partial charge in [-0.05, 0) is 45.7 Å². The summed E-state index contributed by atoms with van der Waals surface area (Å²) in [6, 6.07) is 1.39. The molecule has 116 valence electrons. The molecule has 1 aromatic heterocycles. The summed E-state index contributed by atoms with van der Waals surface area (Å²) in [6.45, 7) is 5.85. The topological polar surface area (TPSA) is 101 Å². The SMILES string of the molecule is Cc1cc(C(=O)NCC2CCN(C(C)C(N)=O)CC2)no1. The summed E-state index contributed by atoms with van der Waals surface area (Å²) in [5.74, 6) is 0.537. The van der Waals surface area contributed by atoms with Crippen LogP contribution in [0.5, 0.6) is 0 Å². The van der Waals surface area contributed by atoms with Crippen LogP contribution in [0.25, 0.3) is 0 Å². The Morgan fingerprint density at radius 3 is 2.71 bits per heavy atom. The smallest absolute Gasteiger partial charge is 0.273 e. The van der Waals surface area contributed by atoms with Crippen LogP contribution in [-0.2, 0) is 4.79 Å². The Bertz CT molecular complexity index is 506. The third-order valence-electron chi connectivity index (χ3n) is 4.02. The van der Waals surface area contributed by atoms with Gasteiger partial charge in [-0.1, -0.05) is 5.16 Å². The maximum atomic E-state index is 11.9. The molecule has 0 spiro atoms. The Labute approximate surface area is 123 Å². The van der Waals surface area contributed by atoms with E-state index in [4.69, 9.17) is 10.3 Å². The van der Waals surface area contributed by atoms with Crippen LogP contribution in [0.3, 0.4) is 0 Å². The molecule has 1 unspecified atom stereocenters. The van der Waals surface area contributed by atoms with Crippen LogP contribution in [-0.4, -0.2) is 47.5 Å². The second kappa shape index (κ2) is 6.71. The van der Waals surface area contributed by atoms with Crippen LogP contribution in [0, 0.1) is 12.8 Å². The summed E-state index contributed by atoms with van der Waals surface area (Å²) in [6.07, 6.45) is 1.88. The monoisotopic (exact) mass is 294 g/mol. The largest absolute Gasteiger partial charge is 0.368 e. The first kappa shape index (κ1) is 15.5. The predicted molar refractivity (Wildman–Crippen MR) is 76.5 cm³/mol. The van der Waals surface area contributed by atoms with Gasteiger partial charge in [0.15, 0.2) is 5.69 Å². The van der Waals surface area contributed by atoms with Crippen molar-refractivity contribution in [3.05, 3.63) is 17.5 Å². The van der Waals surface area contributed by atoms with E-state index in [0.717, 1.165) is 25.9 Å². The number of nitrogens with zero attached hydrogens (tertiary/aromatic N) is 2. The van der Waals surface area contributed by atoms with Gasteiger partial charge in [-0.15, -0.1) is 0 Å². The molecular weight excluding hydrogens is 272 g/mol. The highest BCUT2D eigenvalue weighted by Gasteiger charge is 2.25. The van der Waals surface area contributed by atoms with Gasteiger partial charge in [0.1, 0.15) is 5.76 Å². The molecule has 1 aliphatic rings. The molecule has 0 bridgehead atoms. The van der Waals surface area contributed by atoms with Gasteiger partial charge in [0.25, 0.3) is 5.91 Å². The van der Waals surface area contributed by atoms with E-state index in [-0.39, 0.29) is 17.9 Å². The highest BCUT2D eigenvalue weighted by atomic mass is 16.5. The first-order chi connectivity index (χ1) is 9.97. The Kier molecular flexibility index (Phi) is 4.95. The van der Waals surface area contributed by atoms with Crippen LogP contribution in [0.4, 0.5) is 0 Å². The van der Waals surface area contributed by atoms with Gasteiger partial charge in [0.05, 0.1) is 6.04 Å². The van der Waals surface area contributed by atoms with E-state index in [1.165, 1.54) is 0 Å². The quantitative estimate of drug-likeness (QED) is 0.813. The number of piperidine rings is 1. The van der Waals surface area contributed by atoms with E-state index in [0.29, 0.717) is 23.9 Å². The molecule has 3 N–H and O–H groups in total. The fraction of sp³-hybridized carbons (Fsp3) is 0.643. The van der Waals surface area contributed by atoms with Crippen molar-refractivity contribution in [2.24, 2.45) is 11.7 Å². The van der Waals surface area contributed by atoms with Crippen molar-refractivity contribution in [2.45, 2.75) is 32.7 Å². The van der Waals surface area contributed by atoms with Gasteiger partial charge in [0, 0.05) is 12.6 Å². The summed E-state index contributed by atoms with van der Waals surface area (Å²) in [7, 11) is 0. The number of aryl methyl sites for hydroxylation is 1. The van der Waals surface area contributed by atoms with Gasteiger partial charge in [-0.3, -0.25) is 14.5 Å². The molecule has 0 saturated carbocycles. The van der Waals surface area contributed by atoms with Gasteiger partial charge in [0.2, 0.25) is 5.91 Å². The molecule has 2 heterocycles. The lowest BCUT2D eigenvalue weighted by molar-refractivity contribution is -0.123. The molecule has 7 heteroatoms. The van der Waals surface area contributed by atoms with Crippen molar-refractivity contribution in [1.82, 2.24) is 15.4 Å². The van der Waals surface area contributed by atoms with E-state index < -0.39 is 0 Å². The van der Waals surface area contributed by atoms with Crippen LogP contribution >= 0.6 is 0 Å². The van der Waals surface area contributed by atoms with Gasteiger partial charge in [-0.25, -0.2) is 0 Å². The summed E-state index contributed by atoms with van der Waals surface area (Å²) in [5.41, 5.74) is 5.63. The number of nitrogens with two attached hydrogens (primary N) is 1. The van der Waals surface area contributed by atoms with Crippen molar-refractivity contribution < 1.29 is 14.1 Å². The fourth-order valence-electron chi connectivity index (χ4n) is 2.53. The lowest BCUT2D eigenvalue weighted by Crippen LogP contribution is -2.47. The predicted octanol–water partition coefficient (Wildman–Crippen LogP) is 0.299. The van der Waals surface area contributed by atoms with E-state index in [2.05, 4.69) is 15.4 Å². The van der Waals surface area contributed by atoms with Gasteiger partial charge in [-0.2, -0.15) is 0 Å². The van der Waals surface area contributed by atoms with E-state index in [1.54, 1.807) is 13.0 Å². The average molecular weight is 294 g/mol. The van der Waals surface area contributed by atoms with Crippen LogP contribution < -0.4 is 11.1 Å². The van der Waals surface area contributed by atoms with Crippen molar-refractivity contribution >= 4 is 11.8 Å². The number of hydrogen-bond donors (Lipinski definition) is 2. The Morgan fingerprint density at radius 1 is 1.52 bits per heavy atom. The number of nitrogens with one attached hydrogen (secondary N) is 1. The van der Waals surface area contributed by atoms with E-state index in [1.807, 2.05) is 6.92 Å². The minimum absolute atomic E-state index is 0.209. The summed E-state index contributed by atoms with van der Waals surface area (Å²) < 4.78 is 4.88. The van der Waals surface area contributed by atoms with E-state index in [9.17, 15) is 9.59 Å². The lowest BCUT2D eigenvalue weighted by Gasteiger charge is -2.34. The second-order valence-corrected chi connectivity index (χ2v) is 5.59. The zero-order chi connectivity index (χ0) is 15.4. The molecule has 1 atom stereocenters. The molecule has 1 fully saturated rings. The van der Waals surface area contributed by atoms with Crippen molar-refractivity contribution in [3.8, 4) is 0 Å².